The first-order valence-electron chi connectivity index (χ1n) is 6.27. The molecule has 0 bridgehead atoms. The van der Waals surface area contributed by atoms with E-state index in [1.807, 2.05) is 0 Å². The molecular formula is C12H13KO12. The van der Waals surface area contributed by atoms with E-state index in [2.05, 4.69) is 0 Å². The van der Waals surface area contributed by atoms with Crippen LogP contribution in [0.1, 0.15) is 19.3 Å². The van der Waals surface area contributed by atoms with Crippen LogP contribution in [0.4, 0.5) is 0 Å². The van der Waals surface area contributed by atoms with Crippen molar-refractivity contribution in [2.75, 3.05) is 0 Å². The molecule has 0 aliphatic heterocycles. The topological polar surface area (TPSA) is 224 Å². The zero-order chi connectivity index (χ0) is 19.1. The summed E-state index contributed by atoms with van der Waals surface area (Å²) in [4.78, 5) is 69.8. The van der Waals surface area contributed by atoms with E-state index in [4.69, 9.17) is 0 Å². The Morgan fingerprint density at radius 2 is 0.760 bits per heavy atom. The fourth-order valence-electron chi connectivity index (χ4n) is 3.43. The van der Waals surface area contributed by atoms with Gasteiger partial charge in [0.15, 0.2) is 10.8 Å². The molecule has 134 valence electrons. The predicted molar refractivity (Wildman–Crippen MR) is 74.1 cm³/mol. The van der Waals surface area contributed by atoms with Crippen LogP contribution in [0.3, 0.4) is 0 Å². The summed E-state index contributed by atoms with van der Waals surface area (Å²) in [6, 6.07) is 0. The van der Waals surface area contributed by atoms with Gasteiger partial charge in [-0.15, -0.1) is 0 Å². The Hall–Kier alpha value is -1.54. The molecule has 1 aliphatic rings. The first-order chi connectivity index (χ1) is 10.9. The minimum atomic E-state index is -4.17. The molecule has 25 heavy (non-hydrogen) atoms. The molecule has 0 aromatic rings. The molecule has 1 rings (SSSR count). The van der Waals surface area contributed by atoms with Crippen LogP contribution in [-0.2, 0) is 28.8 Å². The van der Waals surface area contributed by atoms with Crippen molar-refractivity contribution in [3.63, 3.8) is 0 Å². The van der Waals surface area contributed by atoms with Gasteiger partial charge in [0.2, 0.25) is 5.41 Å². The number of hydrogen-bond donors (Lipinski definition) is 6. The first kappa shape index (κ1) is 23.5. The minimum absolute atomic E-state index is 0. The molecule has 1 saturated carbocycles. The summed E-state index contributed by atoms with van der Waals surface area (Å²) in [5.41, 5.74) is -11.6. The molecule has 12 nitrogen and oxygen atoms in total. The molecule has 0 atom stereocenters. The SMILES string of the molecule is O=C(O)C1(C(=O)O)CCCC(C(=O)O)(C(=O)O)C1(C(=O)O)C(=O)O.[KH]. The standard InChI is InChI=1S/C12H12O12.K.H/c13-4(14)10(5(15)16)2-1-3-11(6(17)18,7(19)20)12(10,8(21)22)9(23)24;;/h1-3H2,(H,13,14)(H,15,16)(H,17,18)(H,19,20)(H,21,22)(H,23,24);;. The average molecular weight is 388 g/mol. The Kier molecular flexibility index (Phi) is 6.91. The number of carbonyl (C=O) groups is 6. The Labute approximate surface area is 180 Å². The quantitative estimate of drug-likeness (QED) is 0.214. The first-order valence-corrected chi connectivity index (χ1v) is 6.27. The fourth-order valence-corrected chi connectivity index (χ4v) is 3.43. The zero-order valence-corrected chi connectivity index (χ0v) is 11.8. The van der Waals surface area contributed by atoms with Gasteiger partial charge in [-0.1, -0.05) is 0 Å². The van der Waals surface area contributed by atoms with E-state index < -0.39 is 71.3 Å². The van der Waals surface area contributed by atoms with E-state index in [0.29, 0.717) is 0 Å². The third-order valence-electron chi connectivity index (χ3n) is 4.49. The maximum absolute atomic E-state index is 11.7. The number of aliphatic carboxylic acids is 6. The third-order valence-corrected chi connectivity index (χ3v) is 4.49. The van der Waals surface area contributed by atoms with Gasteiger partial charge in [0.25, 0.3) is 0 Å². The number of rotatable bonds is 6. The molecule has 1 aliphatic carbocycles. The third kappa shape index (κ3) is 2.57. The van der Waals surface area contributed by atoms with Crippen LogP contribution in [0.25, 0.3) is 0 Å². The number of carboxylic acids is 6. The van der Waals surface area contributed by atoms with E-state index in [-0.39, 0.29) is 51.4 Å². The monoisotopic (exact) mass is 388 g/mol. The number of carboxylic acid groups (broad SMARTS) is 6. The van der Waals surface area contributed by atoms with E-state index >= 15 is 0 Å². The summed E-state index contributed by atoms with van der Waals surface area (Å²) in [6.07, 6.45) is -2.78. The average Bonchev–Trinajstić information content (AvgIpc) is 2.43. The Bertz CT molecular complexity index is 581. The Morgan fingerprint density at radius 1 is 0.520 bits per heavy atom. The van der Waals surface area contributed by atoms with Crippen LogP contribution >= 0.6 is 0 Å². The van der Waals surface area contributed by atoms with E-state index in [1.165, 1.54) is 0 Å². The van der Waals surface area contributed by atoms with Crippen LogP contribution in [0, 0.1) is 16.2 Å². The second kappa shape index (κ2) is 7.37. The van der Waals surface area contributed by atoms with Crippen molar-refractivity contribution < 1.29 is 59.4 Å². The van der Waals surface area contributed by atoms with Crippen molar-refractivity contribution in [1.82, 2.24) is 0 Å². The van der Waals surface area contributed by atoms with Gasteiger partial charge in [-0.25, -0.2) is 0 Å². The maximum atomic E-state index is 11.7. The van der Waals surface area contributed by atoms with Gasteiger partial charge in [-0.3, -0.25) is 28.8 Å². The molecule has 0 aromatic heterocycles. The molecule has 0 spiro atoms. The van der Waals surface area contributed by atoms with E-state index in [1.54, 1.807) is 0 Å². The van der Waals surface area contributed by atoms with Crippen LogP contribution < -0.4 is 0 Å². The van der Waals surface area contributed by atoms with Gasteiger partial charge in [-0.2, -0.15) is 0 Å². The van der Waals surface area contributed by atoms with Crippen molar-refractivity contribution in [3.05, 3.63) is 0 Å². The summed E-state index contributed by atoms with van der Waals surface area (Å²) in [7, 11) is 0. The normalized spacial score (nSPS) is 19.7. The van der Waals surface area contributed by atoms with Gasteiger partial charge in [-0.05, 0) is 19.3 Å². The van der Waals surface area contributed by atoms with Crippen molar-refractivity contribution in [3.8, 4) is 0 Å². The molecule has 0 aromatic carbocycles. The van der Waals surface area contributed by atoms with Crippen molar-refractivity contribution in [2.24, 2.45) is 16.2 Å². The van der Waals surface area contributed by atoms with E-state index in [9.17, 15) is 59.4 Å². The summed E-state index contributed by atoms with van der Waals surface area (Å²) >= 11 is 0. The van der Waals surface area contributed by atoms with Gasteiger partial charge in [0.05, 0.1) is 0 Å². The Morgan fingerprint density at radius 3 is 0.920 bits per heavy atom. The molecule has 0 heterocycles. The molecular weight excluding hydrogens is 375 g/mol. The summed E-state index contributed by atoms with van der Waals surface area (Å²) in [6.45, 7) is 0. The van der Waals surface area contributed by atoms with E-state index in [0.717, 1.165) is 0 Å². The number of hydrogen-bond acceptors (Lipinski definition) is 6. The Balaban J connectivity index is 0.00000576. The molecule has 0 amide bonds. The van der Waals surface area contributed by atoms with Crippen LogP contribution in [0.5, 0.6) is 0 Å². The van der Waals surface area contributed by atoms with Gasteiger partial charge >= 0.3 is 87.2 Å². The molecule has 1 fully saturated rings. The summed E-state index contributed by atoms with van der Waals surface area (Å²) < 4.78 is 0. The van der Waals surface area contributed by atoms with Crippen molar-refractivity contribution in [1.29, 1.82) is 0 Å². The van der Waals surface area contributed by atoms with Gasteiger partial charge in [0, 0.05) is 0 Å². The van der Waals surface area contributed by atoms with Crippen LogP contribution in [0.15, 0.2) is 0 Å². The summed E-state index contributed by atoms with van der Waals surface area (Å²) in [5, 5.41) is 56.0. The zero-order valence-electron chi connectivity index (χ0n) is 11.8. The molecule has 0 radical (unpaired) electrons. The molecule has 0 unspecified atom stereocenters. The predicted octanol–water partition coefficient (Wildman–Crippen LogP) is -2.01. The second-order valence-electron chi connectivity index (χ2n) is 5.25. The molecule has 6 N–H and O–H groups in total. The summed E-state index contributed by atoms with van der Waals surface area (Å²) in [5.74, 6) is -15.2. The van der Waals surface area contributed by atoms with Crippen molar-refractivity contribution in [2.45, 2.75) is 19.3 Å². The fraction of sp³-hybridized carbons (Fsp3) is 0.500. The van der Waals surface area contributed by atoms with Crippen LogP contribution in [0.2, 0.25) is 0 Å². The van der Waals surface area contributed by atoms with Crippen LogP contribution in [-0.4, -0.2) is 118 Å². The van der Waals surface area contributed by atoms with Gasteiger partial charge in [0.1, 0.15) is 0 Å². The molecule has 13 heteroatoms. The molecule has 0 saturated heterocycles. The van der Waals surface area contributed by atoms with Crippen molar-refractivity contribution >= 4 is 87.2 Å². The second-order valence-corrected chi connectivity index (χ2v) is 5.25. The van der Waals surface area contributed by atoms with Gasteiger partial charge < -0.3 is 30.6 Å².